The van der Waals surface area contributed by atoms with Crippen LogP contribution in [0.5, 0.6) is 0 Å². The first-order valence-electron chi connectivity index (χ1n) is 12.2. The van der Waals surface area contributed by atoms with Crippen molar-refractivity contribution in [3.8, 4) is 0 Å². The highest BCUT2D eigenvalue weighted by Crippen LogP contribution is 2.38. The second kappa shape index (κ2) is 12.6. The number of hydrogen-bond acceptors (Lipinski definition) is 7. The smallest absolute Gasteiger partial charge is 0.331 e. The Hall–Kier alpha value is -3.13. The number of rotatable bonds is 8. The quantitative estimate of drug-likeness (QED) is 0.234. The van der Waals surface area contributed by atoms with Crippen LogP contribution in [0.4, 0.5) is 0 Å². The molecule has 5 nitrogen and oxygen atoms in total. The Morgan fingerprint density at radius 1 is 1.03 bits per heavy atom. The largest absolute Gasteiger partial charge is 0.467 e. The summed E-state index contributed by atoms with van der Waals surface area (Å²) in [7, 11) is 1.39. The molecule has 8 heteroatoms. The fourth-order valence-corrected chi connectivity index (χ4v) is 6.68. The fraction of sp³-hybridized carbons (Fsp3) is 0.200. The molecule has 0 saturated carbocycles. The third-order valence-corrected chi connectivity index (χ3v) is 8.77. The third-order valence-electron chi connectivity index (χ3n) is 6.07. The maximum atomic E-state index is 12.8. The van der Waals surface area contributed by atoms with E-state index in [0.29, 0.717) is 17.4 Å². The minimum atomic E-state index is -0.730. The van der Waals surface area contributed by atoms with Crippen LogP contribution < -0.4 is 0 Å². The predicted octanol–water partition coefficient (Wildman–Crippen LogP) is 6.47. The number of methoxy groups -OCH3 is 1. The van der Waals surface area contributed by atoms with Crippen molar-refractivity contribution in [1.29, 1.82) is 0 Å². The van der Waals surface area contributed by atoms with Crippen LogP contribution in [-0.4, -0.2) is 45.5 Å². The second-order valence-electron chi connectivity index (χ2n) is 8.74. The highest BCUT2D eigenvalue weighted by Gasteiger charge is 2.29. The molecule has 192 valence electrons. The van der Waals surface area contributed by atoms with Gasteiger partial charge in [0.05, 0.1) is 29.8 Å². The molecule has 1 aliphatic carbocycles. The number of pyridine rings is 1. The van der Waals surface area contributed by atoms with E-state index in [1.807, 2.05) is 91.0 Å². The number of nitrogens with zero attached hydrogens (tertiary/aromatic N) is 3. The van der Waals surface area contributed by atoms with E-state index in [1.165, 1.54) is 7.11 Å². The van der Waals surface area contributed by atoms with Gasteiger partial charge >= 0.3 is 5.97 Å². The number of ether oxygens (including phenoxy) is 1. The molecule has 0 spiro atoms. The van der Waals surface area contributed by atoms with Gasteiger partial charge in [0.2, 0.25) is 0 Å². The zero-order valence-corrected chi connectivity index (χ0v) is 23.1. The van der Waals surface area contributed by atoms with Gasteiger partial charge in [0, 0.05) is 34.0 Å². The van der Waals surface area contributed by atoms with Crippen LogP contribution >= 0.6 is 35.1 Å². The van der Waals surface area contributed by atoms with Gasteiger partial charge in [0.15, 0.2) is 6.04 Å². The number of carbonyl (C=O) groups is 1. The lowest BCUT2D eigenvalue weighted by molar-refractivity contribution is -0.142. The summed E-state index contributed by atoms with van der Waals surface area (Å²) >= 11 is 9.56. The highest BCUT2D eigenvalue weighted by molar-refractivity contribution is 8.39. The lowest BCUT2D eigenvalue weighted by atomic mass is 10.0. The highest BCUT2D eigenvalue weighted by atomic mass is 35.5. The molecule has 3 atom stereocenters. The van der Waals surface area contributed by atoms with Gasteiger partial charge in [-0.1, -0.05) is 108 Å². The van der Waals surface area contributed by atoms with E-state index >= 15 is 0 Å². The third kappa shape index (κ3) is 6.65. The van der Waals surface area contributed by atoms with Crippen molar-refractivity contribution >= 4 is 51.2 Å². The van der Waals surface area contributed by atoms with Crippen LogP contribution in [0, 0.1) is 0 Å². The molecule has 5 rings (SSSR count). The van der Waals surface area contributed by atoms with E-state index < -0.39 is 12.0 Å². The van der Waals surface area contributed by atoms with Crippen molar-refractivity contribution in [2.45, 2.75) is 29.5 Å². The number of allylic oxidation sites excluding steroid dienone is 2. The monoisotopic (exact) mass is 559 g/mol. The maximum absolute atomic E-state index is 12.8. The molecular formula is C30H26ClN3O2S2. The SMILES string of the molecule is COC(=O)C(Cc1cccc(CSC2=NC3C=C(Cl)C=CC3S2)n1)N=C(c1ccccc1)c1ccccc1. The Bertz CT molecular complexity index is 1370. The number of hydrogen-bond donors (Lipinski definition) is 0. The molecule has 0 saturated heterocycles. The standard InChI is InChI=1S/C30H26ClN3O2S2/c1-36-29(35)26(33-28(20-9-4-2-5-10-20)21-11-6-3-7-12-21)18-23-13-8-14-24(32-23)19-37-30-34-25-17-22(31)15-16-27(25)38-30/h2-17,25-27H,18-19H2,1H3. The van der Waals surface area contributed by atoms with Crippen molar-refractivity contribution in [3.05, 3.63) is 125 Å². The van der Waals surface area contributed by atoms with Crippen LogP contribution in [0.2, 0.25) is 0 Å². The Labute approximate surface area is 236 Å². The van der Waals surface area contributed by atoms with Crippen molar-refractivity contribution < 1.29 is 9.53 Å². The minimum absolute atomic E-state index is 0.0985. The molecule has 2 aliphatic rings. The summed E-state index contributed by atoms with van der Waals surface area (Å²) in [6.07, 6.45) is 6.38. The molecule has 3 unspecified atom stereocenters. The summed E-state index contributed by atoms with van der Waals surface area (Å²) in [6.45, 7) is 0. The second-order valence-corrected chi connectivity index (χ2v) is 11.6. The van der Waals surface area contributed by atoms with Crippen LogP contribution in [0.15, 0.2) is 112 Å². The number of benzene rings is 2. The zero-order valence-electron chi connectivity index (χ0n) is 20.7. The van der Waals surface area contributed by atoms with Gasteiger partial charge in [-0.3, -0.25) is 15.0 Å². The lowest BCUT2D eigenvalue weighted by Crippen LogP contribution is -2.25. The molecule has 2 heterocycles. The van der Waals surface area contributed by atoms with E-state index in [2.05, 4.69) is 6.08 Å². The molecule has 0 amide bonds. The summed E-state index contributed by atoms with van der Waals surface area (Å²) in [5.74, 6) is 0.293. The number of aliphatic imine (C=N–C) groups is 2. The summed E-state index contributed by atoms with van der Waals surface area (Å²) in [5.41, 5.74) is 4.33. The van der Waals surface area contributed by atoms with Crippen molar-refractivity contribution in [2.75, 3.05) is 7.11 Å². The van der Waals surface area contributed by atoms with Gasteiger partial charge < -0.3 is 4.74 Å². The molecule has 0 N–H and O–H groups in total. The summed E-state index contributed by atoms with van der Waals surface area (Å²) in [6, 6.07) is 25.0. The Morgan fingerprint density at radius 2 is 1.71 bits per heavy atom. The van der Waals surface area contributed by atoms with Gasteiger partial charge in [0.1, 0.15) is 4.38 Å². The molecule has 0 bridgehead atoms. The van der Waals surface area contributed by atoms with E-state index in [-0.39, 0.29) is 6.04 Å². The number of thioether (sulfide) groups is 2. The molecule has 2 aromatic carbocycles. The van der Waals surface area contributed by atoms with Crippen molar-refractivity contribution in [3.63, 3.8) is 0 Å². The first-order chi connectivity index (χ1) is 18.6. The number of esters is 1. The summed E-state index contributed by atoms with van der Waals surface area (Å²) in [4.78, 5) is 27.4. The predicted molar refractivity (Wildman–Crippen MR) is 159 cm³/mol. The van der Waals surface area contributed by atoms with E-state index in [9.17, 15) is 4.79 Å². The van der Waals surface area contributed by atoms with E-state index in [4.69, 9.17) is 31.3 Å². The first-order valence-corrected chi connectivity index (χ1v) is 14.5. The Balaban J connectivity index is 1.34. The van der Waals surface area contributed by atoms with Crippen LogP contribution in [0.25, 0.3) is 0 Å². The van der Waals surface area contributed by atoms with Gasteiger partial charge in [-0.25, -0.2) is 4.79 Å². The zero-order chi connectivity index (χ0) is 26.3. The van der Waals surface area contributed by atoms with Crippen molar-refractivity contribution in [1.82, 2.24) is 4.98 Å². The van der Waals surface area contributed by atoms with E-state index in [0.717, 1.165) is 37.6 Å². The van der Waals surface area contributed by atoms with Gasteiger partial charge in [0.25, 0.3) is 0 Å². The van der Waals surface area contributed by atoms with E-state index in [1.54, 1.807) is 23.5 Å². The summed E-state index contributed by atoms with van der Waals surface area (Å²) < 4.78 is 6.17. The first kappa shape index (κ1) is 26.5. The van der Waals surface area contributed by atoms with Crippen LogP contribution in [-0.2, 0) is 21.7 Å². The number of aromatic nitrogens is 1. The van der Waals surface area contributed by atoms with Crippen molar-refractivity contribution in [2.24, 2.45) is 9.98 Å². The molecule has 0 radical (unpaired) electrons. The maximum Gasteiger partial charge on any atom is 0.331 e. The Morgan fingerprint density at radius 3 is 2.39 bits per heavy atom. The number of carbonyl (C=O) groups excluding carboxylic acids is 1. The van der Waals surface area contributed by atoms with Gasteiger partial charge in [-0.15, -0.1) is 0 Å². The van der Waals surface area contributed by atoms with Crippen LogP contribution in [0.1, 0.15) is 22.5 Å². The topological polar surface area (TPSA) is 63.9 Å². The lowest BCUT2D eigenvalue weighted by Gasteiger charge is -2.15. The molecule has 3 aromatic rings. The number of halogens is 1. The van der Waals surface area contributed by atoms with Crippen LogP contribution in [0.3, 0.4) is 0 Å². The Kier molecular flexibility index (Phi) is 8.79. The number of fused-ring (bicyclic) bond motifs is 1. The fourth-order valence-electron chi connectivity index (χ4n) is 4.21. The molecule has 0 fully saturated rings. The minimum Gasteiger partial charge on any atom is -0.467 e. The molecule has 1 aliphatic heterocycles. The molecular weight excluding hydrogens is 534 g/mol. The summed E-state index contributed by atoms with van der Waals surface area (Å²) in [5, 5.41) is 1.04. The normalized spacial score (nSPS) is 18.7. The molecule has 1 aromatic heterocycles. The average molecular weight is 560 g/mol. The van der Waals surface area contributed by atoms with Gasteiger partial charge in [-0.2, -0.15) is 0 Å². The molecule has 38 heavy (non-hydrogen) atoms. The van der Waals surface area contributed by atoms with Gasteiger partial charge in [-0.05, 0) is 24.3 Å². The average Bonchev–Trinajstić information content (AvgIpc) is 3.37.